The Morgan fingerprint density at radius 2 is 2.07 bits per heavy atom. The second-order valence-corrected chi connectivity index (χ2v) is 3.45. The highest BCUT2D eigenvalue weighted by atomic mass is 35.5. The van der Waals surface area contributed by atoms with E-state index in [4.69, 9.17) is 11.6 Å². The van der Waals surface area contributed by atoms with Crippen LogP contribution in [0, 0.1) is 0 Å². The van der Waals surface area contributed by atoms with Gasteiger partial charge < -0.3 is 9.88 Å². The second kappa shape index (κ2) is 4.98. The van der Waals surface area contributed by atoms with Crippen LogP contribution in [0.1, 0.15) is 24.2 Å². The molecule has 5 heteroatoms. The van der Waals surface area contributed by atoms with Gasteiger partial charge in [-0.25, -0.2) is 0 Å². The number of pyridine rings is 1. The smallest absolute Gasteiger partial charge is 0.266 e. The Labute approximate surface area is 92.9 Å². The zero-order valence-corrected chi connectivity index (χ0v) is 9.47. The number of halogens is 1. The van der Waals surface area contributed by atoms with Crippen LogP contribution < -0.4 is 5.56 Å². The van der Waals surface area contributed by atoms with Gasteiger partial charge in [0.15, 0.2) is 0 Å². The molecule has 4 nitrogen and oxygen atoms in total. The van der Waals surface area contributed by atoms with Gasteiger partial charge in [-0.2, -0.15) is 0 Å². The van der Waals surface area contributed by atoms with Gasteiger partial charge in [0, 0.05) is 19.3 Å². The highest BCUT2D eigenvalue weighted by Gasteiger charge is 2.13. The number of aromatic amines is 1. The third-order valence-corrected chi connectivity index (χ3v) is 2.44. The topological polar surface area (TPSA) is 53.2 Å². The maximum atomic E-state index is 11.8. The first kappa shape index (κ1) is 11.8. The molecule has 1 heterocycles. The average molecular weight is 229 g/mol. The van der Waals surface area contributed by atoms with Crippen molar-refractivity contribution in [1.29, 1.82) is 0 Å². The zero-order valence-electron chi connectivity index (χ0n) is 8.71. The third kappa shape index (κ3) is 2.59. The Morgan fingerprint density at radius 1 is 1.47 bits per heavy atom. The minimum absolute atomic E-state index is 0.0352. The fraction of sp³-hybridized carbons (Fsp3) is 0.400. The number of nitrogens with zero attached hydrogens (tertiary/aromatic N) is 1. The molecule has 0 fully saturated rings. The third-order valence-electron chi connectivity index (χ3n) is 2.16. The van der Waals surface area contributed by atoms with E-state index in [0.717, 1.165) is 0 Å². The minimum Gasteiger partial charge on any atom is -0.339 e. The predicted molar refractivity (Wildman–Crippen MR) is 59.3 cm³/mol. The first-order valence-corrected chi connectivity index (χ1v) is 5.15. The number of hydrogen-bond acceptors (Lipinski definition) is 2. The van der Waals surface area contributed by atoms with Crippen molar-refractivity contribution < 1.29 is 4.79 Å². The summed E-state index contributed by atoms with van der Waals surface area (Å²) in [5, 5.41) is 0.0352. The standard InChI is InChI=1S/C10H13ClN2O2/c1-3-13(4-2)10(15)7-5-8(11)9(14)12-6-7/h5-6H,3-4H2,1-2H3,(H,12,14). The Bertz CT molecular complexity index is 410. The predicted octanol–water partition coefficient (Wildman–Crippen LogP) is 1.51. The molecular weight excluding hydrogens is 216 g/mol. The molecule has 0 aliphatic heterocycles. The van der Waals surface area contributed by atoms with Crippen LogP contribution in [0.5, 0.6) is 0 Å². The molecule has 0 bridgehead atoms. The lowest BCUT2D eigenvalue weighted by Gasteiger charge is -2.18. The van der Waals surface area contributed by atoms with Crippen LogP contribution in [0.3, 0.4) is 0 Å². The van der Waals surface area contributed by atoms with Crippen LogP contribution in [0.4, 0.5) is 0 Å². The van der Waals surface area contributed by atoms with Crippen molar-refractivity contribution >= 4 is 17.5 Å². The maximum absolute atomic E-state index is 11.8. The van der Waals surface area contributed by atoms with E-state index >= 15 is 0 Å². The second-order valence-electron chi connectivity index (χ2n) is 3.04. The first-order valence-electron chi connectivity index (χ1n) is 4.77. The molecule has 0 aliphatic rings. The highest BCUT2D eigenvalue weighted by Crippen LogP contribution is 2.07. The van der Waals surface area contributed by atoms with Crippen molar-refractivity contribution in [2.45, 2.75) is 13.8 Å². The number of hydrogen-bond donors (Lipinski definition) is 1. The molecule has 0 unspecified atom stereocenters. The van der Waals surface area contributed by atoms with Crippen molar-refractivity contribution in [2.75, 3.05) is 13.1 Å². The van der Waals surface area contributed by atoms with Gasteiger partial charge in [0.05, 0.1) is 5.56 Å². The summed E-state index contributed by atoms with van der Waals surface area (Å²) in [6.07, 6.45) is 1.38. The summed E-state index contributed by atoms with van der Waals surface area (Å²) >= 11 is 5.63. The molecule has 1 N–H and O–H groups in total. The molecule has 1 amide bonds. The molecule has 0 aliphatic carbocycles. The highest BCUT2D eigenvalue weighted by molar-refractivity contribution is 6.30. The van der Waals surface area contributed by atoms with E-state index in [2.05, 4.69) is 4.98 Å². The van der Waals surface area contributed by atoms with E-state index in [9.17, 15) is 9.59 Å². The van der Waals surface area contributed by atoms with Crippen LogP contribution in [-0.4, -0.2) is 28.9 Å². The van der Waals surface area contributed by atoms with Gasteiger partial charge in [-0.3, -0.25) is 9.59 Å². The summed E-state index contributed by atoms with van der Waals surface area (Å²) in [5.41, 5.74) is 0.0241. The summed E-state index contributed by atoms with van der Waals surface area (Å²) in [6.45, 7) is 5.06. The van der Waals surface area contributed by atoms with Gasteiger partial charge in [0.2, 0.25) is 0 Å². The summed E-state index contributed by atoms with van der Waals surface area (Å²) in [7, 11) is 0. The van der Waals surface area contributed by atoms with E-state index in [1.165, 1.54) is 12.3 Å². The van der Waals surface area contributed by atoms with Gasteiger partial charge in [-0.05, 0) is 19.9 Å². The number of H-pyrrole nitrogens is 1. The molecule has 0 aromatic carbocycles. The van der Waals surface area contributed by atoms with E-state index in [1.807, 2.05) is 13.8 Å². The van der Waals surface area contributed by atoms with E-state index in [0.29, 0.717) is 18.7 Å². The van der Waals surface area contributed by atoms with Crippen molar-refractivity contribution in [3.05, 3.63) is 33.2 Å². The number of carbonyl (C=O) groups excluding carboxylic acids is 1. The molecule has 1 aromatic rings. The molecule has 0 atom stereocenters. The van der Waals surface area contributed by atoms with E-state index in [-0.39, 0.29) is 16.5 Å². The molecule has 15 heavy (non-hydrogen) atoms. The lowest BCUT2D eigenvalue weighted by Crippen LogP contribution is -2.31. The van der Waals surface area contributed by atoms with Gasteiger partial charge in [-0.1, -0.05) is 11.6 Å². The molecule has 0 spiro atoms. The van der Waals surface area contributed by atoms with Gasteiger partial charge in [-0.15, -0.1) is 0 Å². The molecule has 1 rings (SSSR count). The zero-order chi connectivity index (χ0) is 11.4. The molecule has 1 aromatic heterocycles. The quantitative estimate of drug-likeness (QED) is 0.853. The summed E-state index contributed by atoms with van der Waals surface area (Å²) in [4.78, 5) is 26.9. The summed E-state index contributed by atoms with van der Waals surface area (Å²) in [5.74, 6) is -0.127. The fourth-order valence-electron chi connectivity index (χ4n) is 1.27. The summed E-state index contributed by atoms with van der Waals surface area (Å²) < 4.78 is 0. The maximum Gasteiger partial charge on any atom is 0.266 e. The Balaban J connectivity index is 3.01. The summed E-state index contributed by atoms with van der Waals surface area (Å²) in [6, 6.07) is 1.39. The van der Waals surface area contributed by atoms with Crippen LogP contribution in [0.15, 0.2) is 17.1 Å². The van der Waals surface area contributed by atoms with Crippen molar-refractivity contribution in [3.8, 4) is 0 Å². The van der Waals surface area contributed by atoms with Crippen LogP contribution >= 0.6 is 11.6 Å². The molecule has 0 saturated carbocycles. The van der Waals surface area contributed by atoms with Gasteiger partial charge in [0.25, 0.3) is 11.5 Å². The molecular formula is C10H13ClN2O2. The Kier molecular flexibility index (Phi) is 3.91. The number of nitrogens with one attached hydrogen (secondary N) is 1. The van der Waals surface area contributed by atoms with Crippen LogP contribution in [0.25, 0.3) is 0 Å². The van der Waals surface area contributed by atoms with Gasteiger partial charge in [0.1, 0.15) is 5.02 Å². The molecule has 0 radical (unpaired) electrons. The van der Waals surface area contributed by atoms with E-state index in [1.54, 1.807) is 4.90 Å². The normalized spacial score (nSPS) is 10.1. The largest absolute Gasteiger partial charge is 0.339 e. The van der Waals surface area contributed by atoms with Crippen LogP contribution in [0.2, 0.25) is 5.02 Å². The lowest BCUT2D eigenvalue weighted by atomic mass is 10.2. The first-order chi connectivity index (χ1) is 7.10. The Hall–Kier alpha value is -1.29. The fourth-order valence-corrected chi connectivity index (χ4v) is 1.44. The van der Waals surface area contributed by atoms with Crippen molar-refractivity contribution in [3.63, 3.8) is 0 Å². The molecule has 82 valence electrons. The number of aromatic nitrogens is 1. The monoisotopic (exact) mass is 228 g/mol. The molecule has 0 saturated heterocycles. The lowest BCUT2D eigenvalue weighted by molar-refractivity contribution is 0.0772. The minimum atomic E-state index is -0.382. The van der Waals surface area contributed by atoms with Crippen molar-refractivity contribution in [1.82, 2.24) is 9.88 Å². The van der Waals surface area contributed by atoms with E-state index < -0.39 is 0 Å². The average Bonchev–Trinajstić information content (AvgIpc) is 2.23. The SMILES string of the molecule is CCN(CC)C(=O)c1c[nH]c(=O)c(Cl)c1. The van der Waals surface area contributed by atoms with Crippen molar-refractivity contribution in [2.24, 2.45) is 0 Å². The number of amides is 1. The number of carbonyl (C=O) groups is 1. The van der Waals surface area contributed by atoms with Crippen LogP contribution in [-0.2, 0) is 0 Å². The Morgan fingerprint density at radius 3 is 2.53 bits per heavy atom. The van der Waals surface area contributed by atoms with Gasteiger partial charge >= 0.3 is 0 Å². The number of rotatable bonds is 3.